The zero-order chi connectivity index (χ0) is 18.4. The van der Waals surface area contributed by atoms with Crippen molar-refractivity contribution >= 4 is 12.1 Å². The molecular formula is C15H12F4N2O4. The largest absolute Gasteiger partial charge is 0.469 e. The van der Waals surface area contributed by atoms with Gasteiger partial charge in [0, 0.05) is 11.6 Å². The van der Waals surface area contributed by atoms with E-state index in [0.717, 1.165) is 18.3 Å². The van der Waals surface area contributed by atoms with Crippen molar-refractivity contribution in [1.82, 2.24) is 5.43 Å². The van der Waals surface area contributed by atoms with Crippen LogP contribution >= 0.6 is 0 Å². The summed E-state index contributed by atoms with van der Waals surface area (Å²) in [6.07, 6.45) is 2.35. The van der Waals surface area contributed by atoms with E-state index in [4.69, 9.17) is 4.42 Å². The maximum atomic E-state index is 12.4. The Morgan fingerprint density at radius 2 is 1.92 bits per heavy atom. The molecule has 1 aromatic heterocycles. The SMILES string of the molecule is Cc1occc1C(=O)NN=Cc1ccc(OC(F)F)cc1OC(F)F. The number of rotatable bonds is 7. The van der Waals surface area contributed by atoms with Crippen LogP contribution in [0.3, 0.4) is 0 Å². The third-order valence-corrected chi connectivity index (χ3v) is 2.90. The number of ether oxygens (including phenoxy) is 2. The van der Waals surface area contributed by atoms with Gasteiger partial charge < -0.3 is 13.9 Å². The average Bonchev–Trinajstić information content (AvgIpc) is 2.94. The molecular weight excluding hydrogens is 348 g/mol. The number of hydrogen-bond acceptors (Lipinski definition) is 5. The Bertz CT molecular complexity index is 762. The Morgan fingerprint density at radius 3 is 2.52 bits per heavy atom. The minimum Gasteiger partial charge on any atom is -0.469 e. The van der Waals surface area contributed by atoms with Crippen LogP contribution in [-0.2, 0) is 0 Å². The predicted molar refractivity (Wildman–Crippen MR) is 78.2 cm³/mol. The highest BCUT2D eigenvalue weighted by molar-refractivity contribution is 5.95. The number of halogens is 4. The molecule has 10 heteroatoms. The lowest BCUT2D eigenvalue weighted by molar-refractivity contribution is -0.0543. The molecule has 1 heterocycles. The third-order valence-electron chi connectivity index (χ3n) is 2.90. The van der Waals surface area contributed by atoms with Crippen LogP contribution in [0.15, 0.2) is 40.0 Å². The number of hydrazone groups is 1. The number of benzene rings is 1. The Morgan fingerprint density at radius 1 is 1.20 bits per heavy atom. The normalized spacial score (nSPS) is 11.3. The van der Waals surface area contributed by atoms with Crippen LogP contribution < -0.4 is 14.9 Å². The van der Waals surface area contributed by atoms with E-state index < -0.39 is 24.9 Å². The Balaban J connectivity index is 2.14. The topological polar surface area (TPSA) is 73.1 Å². The number of alkyl halides is 4. The summed E-state index contributed by atoms with van der Waals surface area (Å²) in [5, 5.41) is 3.62. The molecule has 0 aliphatic rings. The molecule has 0 saturated carbocycles. The molecule has 2 aromatic rings. The van der Waals surface area contributed by atoms with Crippen LogP contribution in [0.5, 0.6) is 11.5 Å². The van der Waals surface area contributed by atoms with Crippen molar-refractivity contribution in [1.29, 1.82) is 0 Å². The van der Waals surface area contributed by atoms with Crippen molar-refractivity contribution in [2.75, 3.05) is 0 Å². The van der Waals surface area contributed by atoms with E-state index in [1.165, 1.54) is 18.4 Å². The van der Waals surface area contributed by atoms with Crippen molar-refractivity contribution in [3.63, 3.8) is 0 Å². The first-order valence-electron chi connectivity index (χ1n) is 6.78. The summed E-state index contributed by atoms with van der Waals surface area (Å²) in [5.41, 5.74) is 2.45. The maximum Gasteiger partial charge on any atom is 0.387 e. The van der Waals surface area contributed by atoms with Gasteiger partial charge in [-0.3, -0.25) is 4.79 Å². The summed E-state index contributed by atoms with van der Waals surface area (Å²) in [5.74, 6) is -0.995. The van der Waals surface area contributed by atoms with E-state index in [9.17, 15) is 22.4 Å². The average molecular weight is 360 g/mol. The minimum atomic E-state index is -3.18. The fraction of sp³-hybridized carbons (Fsp3) is 0.200. The number of nitrogens with one attached hydrogen (secondary N) is 1. The number of nitrogens with zero attached hydrogens (tertiary/aromatic N) is 1. The van der Waals surface area contributed by atoms with Crippen LogP contribution in [0.4, 0.5) is 17.6 Å². The van der Waals surface area contributed by atoms with Crippen LogP contribution in [-0.4, -0.2) is 25.3 Å². The van der Waals surface area contributed by atoms with E-state index in [1.807, 2.05) is 0 Å². The molecule has 0 aliphatic heterocycles. The molecule has 0 saturated heterocycles. The summed E-state index contributed by atoms with van der Waals surface area (Å²) in [7, 11) is 0. The fourth-order valence-corrected chi connectivity index (χ4v) is 1.84. The standard InChI is InChI=1S/C15H12F4N2O4/c1-8-11(4-5-23-8)13(22)21-20-7-9-2-3-10(24-14(16)17)6-12(9)25-15(18)19/h2-7,14-15H,1H3,(H,21,22). The fourth-order valence-electron chi connectivity index (χ4n) is 1.84. The van der Waals surface area contributed by atoms with Crippen LogP contribution in [0.25, 0.3) is 0 Å². The van der Waals surface area contributed by atoms with Gasteiger partial charge in [-0.2, -0.15) is 22.7 Å². The first kappa shape index (κ1) is 18.3. The molecule has 0 fully saturated rings. The van der Waals surface area contributed by atoms with Gasteiger partial charge in [-0.15, -0.1) is 0 Å². The lowest BCUT2D eigenvalue weighted by atomic mass is 10.2. The van der Waals surface area contributed by atoms with E-state index in [-0.39, 0.29) is 16.9 Å². The van der Waals surface area contributed by atoms with Crippen molar-refractivity contribution in [3.8, 4) is 11.5 Å². The van der Waals surface area contributed by atoms with Crippen LogP contribution in [0, 0.1) is 6.92 Å². The Hall–Kier alpha value is -3.04. The first-order chi connectivity index (χ1) is 11.9. The number of aryl methyl sites for hydroxylation is 1. The molecule has 1 N–H and O–H groups in total. The number of carbonyl (C=O) groups excluding carboxylic acids is 1. The Labute approximate surface area is 139 Å². The molecule has 0 aliphatic carbocycles. The van der Waals surface area contributed by atoms with Gasteiger partial charge in [0.2, 0.25) is 0 Å². The number of furan rings is 1. The van der Waals surface area contributed by atoms with Crippen LogP contribution in [0.1, 0.15) is 21.7 Å². The molecule has 0 spiro atoms. The summed E-state index contributed by atoms with van der Waals surface area (Å²) in [6.45, 7) is -4.72. The van der Waals surface area contributed by atoms with Gasteiger partial charge in [0.15, 0.2) is 0 Å². The zero-order valence-electron chi connectivity index (χ0n) is 12.7. The summed E-state index contributed by atoms with van der Waals surface area (Å²) in [6, 6.07) is 4.59. The van der Waals surface area contributed by atoms with Gasteiger partial charge >= 0.3 is 13.2 Å². The molecule has 1 aromatic carbocycles. The monoisotopic (exact) mass is 360 g/mol. The van der Waals surface area contributed by atoms with Crippen molar-refractivity contribution in [3.05, 3.63) is 47.4 Å². The smallest absolute Gasteiger partial charge is 0.387 e. The van der Waals surface area contributed by atoms with Gasteiger partial charge in [-0.25, -0.2) is 5.43 Å². The molecule has 0 radical (unpaired) electrons. The predicted octanol–water partition coefficient (Wildman–Crippen LogP) is 3.55. The highest BCUT2D eigenvalue weighted by Crippen LogP contribution is 2.26. The van der Waals surface area contributed by atoms with Crippen molar-refractivity contribution < 1.29 is 36.2 Å². The first-order valence-corrected chi connectivity index (χ1v) is 6.78. The van der Waals surface area contributed by atoms with E-state index >= 15 is 0 Å². The van der Waals surface area contributed by atoms with Gasteiger partial charge in [-0.1, -0.05) is 0 Å². The number of hydrogen-bond donors (Lipinski definition) is 1. The molecule has 25 heavy (non-hydrogen) atoms. The van der Waals surface area contributed by atoms with Crippen molar-refractivity contribution in [2.24, 2.45) is 5.10 Å². The molecule has 0 bridgehead atoms. The molecule has 2 rings (SSSR count). The second kappa shape index (κ2) is 8.18. The Kier molecular flexibility index (Phi) is 5.98. The summed E-state index contributed by atoms with van der Waals surface area (Å²) >= 11 is 0. The maximum absolute atomic E-state index is 12.4. The second-order valence-electron chi connectivity index (χ2n) is 4.55. The van der Waals surface area contributed by atoms with Gasteiger partial charge in [-0.05, 0) is 25.1 Å². The highest BCUT2D eigenvalue weighted by Gasteiger charge is 2.13. The lowest BCUT2D eigenvalue weighted by Crippen LogP contribution is -2.17. The second-order valence-corrected chi connectivity index (χ2v) is 4.55. The molecule has 134 valence electrons. The van der Waals surface area contributed by atoms with E-state index in [2.05, 4.69) is 20.0 Å². The zero-order valence-corrected chi connectivity index (χ0v) is 12.7. The summed E-state index contributed by atoms with van der Waals surface area (Å²) in [4.78, 5) is 11.8. The molecule has 0 unspecified atom stereocenters. The molecule has 6 nitrogen and oxygen atoms in total. The van der Waals surface area contributed by atoms with Crippen molar-refractivity contribution in [2.45, 2.75) is 20.1 Å². The highest BCUT2D eigenvalue weighted by atomic mass is 19.3. The summed E-state index contributed by atoms with van der Waals surface area (Å²) < 4.78 is 62.6. The van der Waals surface area contributed by atoms with Gasteiger partial charge in [0.05, 0.1) is 18.0 Å². The quantitative estimate of drug-likeness (QED) is 0.466. The number of carbonyl (C=O) groups is 1. The third kappa shape index (κ3) is 5.23. The molecule has 1 amide bonds. The molecule has 0 atom stereocenters. The lowest BCUT2D eigenvalue weighted by Gasteiger charge is -2.10. The van der Waals surface area contributed by atoms with Crippen LogP contribution in [0.2, 0.25) is 0 Å². The van der Waals surface area contributed by atoms with Gasteiger partial charge in [0.25, 0.3) is 5.91 Å². The van der Waals surface area contributed by atoms with E-state index in [0.29, 0.717) is 5.76 Å². The number of amides is 1. The minimum absolute atomic E-state index is 0.0196. The van der Waals surface area contributed by atoms with E-state index in [1.54, 1.807) is 6.92 Å². The van der Waals surface area contributed by atoms with Gasteiger partial charge in [0.1, 0.15) is 17.3 Å².